The third kappa shape index (κ3) is 3.82. The quantitative estimate of drug-likeness (QED) is 0.743. The second-order valence-electron chi connectivity index (χ2n) is 6.90. The predicted molar refractivity (Wildman–Crippen MR) is 91.0 cm³/mol. The molecule has 1 aliphatic carbocycles. The minimum absolute atomic E-state index is 0.722. The highest BCUT2D eigenvalue weighted by Crippen LogP contribution is 2.29. The molecule has 1 aromatic heterocycles. The van der Waals surface area contributed by atoms with Gasteiger partial charge in [-0.25, -0.2) is 0 Å². The van der Waals surface area contributed by atoms with Gasteiger partial charge in [-0.2, -0.15) is 4.68 Å². The molecule has 24 heavy (non-hydrogen) atoms. The number of tetrazole rings is 1. The van der Waals surface area contributed by atoms with Crippen molar-refractivity contribution in [2.24, 2.45) is 5.92 Å². The van der Waals surface area contributed by atoms with E-state index < -0.39 is 0 Å². The van der Waals surface area contributed by atoms with Gasteiger partial charge in [0, 0.05) is 25.6 Å². The maximum absolute atomic E-state index is 5.53. The van der Waals surface area contributed by atoms with Crippen molar-refractivity contribution in [1.82, 2.24) is 25.1 Å². The number of ether oxygens (including phenoxy) is 1. The summed E-state index contributed by atoms with van der Waals surface area (Å²) in [5.41, 5.74) is 1.03. The Labute approximate surface area is 142 Å². The minimum atomic E-state index is 0.722. The van der Waals surface area contributed by atoms with E-state index in [-0.39, 0.29) is 0 Å². The van der Waals surface area contributed by atoms with Gasteiger partial charge in [0.2, 0.25) is 0 Å². The highest BCUT2D eigenvalue weighted by molar-refractivity contribution is 5.30. The zero-order valence-corrected chi connectivity index (χ0v) is 14.0. The molecule has 4 rings (SSSR count). The molecule has 1 atom stereocenters. The summed E-state index contributed by atoms with van der Waals surface area (Å²) in [6.07, 6.45) is 5.93. The highest BCUT2D eigenvalue weighted by Gasteiger charge is 2.31. The Morgan fingerprint density at radius 3 is 2.79 bits per heavy atom. The van der Waals surface area contributed by atoms with Crippen LogP contribution in [0.15, 0.2) is 30.3 Å². The fourth-order valence-electron chi connectivity index (χ4n) is 3.49. The average molecular weight is 327 g/mol. The monoisotopic (exact) mass is 327 g/mol. The van der Waals surface area contributed by atoms with Gasteiger partial charge in [0.05, 0.1) is 12.3 Å². The lowest BCUT2D eigenvalue weighted by molar-refractivity contribution is 0.163. The van der Waals surface area contributed by atoms with E-state index in [0.29, 0.717) is 0 Å². The third-order valence-corrected chi connectivity index (χ3v) is 4.96. The Morgan fingerprint density at radius 1 is 1.17 bits per heavy atom. The number of hydrogen-bond acceptors (Lipinski definition) is 5. The van der Waals surface area contributed by atoms with Gasteiger partial charge in [0.15, 0.2) is 5.82 Å². The Kier molecular flexibility index (Phi) is 4.85. The van der Waals surface area contributed by atoms with Crippen LogP contribution in [-0.4, -0.2) is 57.5 Å². The van der Waals surface area contributed by atoms with Crippen molar-refractivity contribution in [3.05, 3.63) is 36.2 Å². The summed E-state index contributed by atoms with van der Waals surface area (Å²) in [5, 5.41) is 12.2. The Morgan fingerprint density at radius 2 is 2.04 bits per heavy atom. The van der Waals surface area contributed by atoms with Crippen LogP contribution in [0.5, 0.6) is 0 Å². The molecule has 6 heteroatoms. The molecule has 0 amide bonds. The van der Waals surface area contributed by atoms with Gasteiger partial charge in [0.1, 0.15) is 0 Å². The van der Waals surface area contributed by atoms with Gasteiger partial charge in [0.25, 0.3) is 0 Å². The van der Waals surface area contributed by atoms with Crippen LogP contribution < -0.4 is 0 Å². The summed E-state index contributed by atoms with van der Waals surface area (Å²) in [5.74, 6) is 1.67. The third-order valence-electron chi connectivity index (χ3n) is 4.96. The number of aromatic nitrogens is 4. The summed E-state index contributed by atoms with van der Waals surface area (Å²) in [6.45, 7) is 4.20. The lowest BCUT2D eigenvalue weighted by Crippen LogP contribution is -2.33. The fourth-order valence-corrected chi connectivity index (χ4v) is 3.49. The standard InChI is InChI=1S/C18H25N5O/c1-2-5-17(6-3-1)23-18(19-20-21-23)7-4-11-22(16-8-9-16)13-15-10-12-24-14-15/h1-3,5-6,15-16H,4,7-14H2. The molecule has 2 aliphatic rings. The van der Waals surface area contributed by atoms with Crippen molar-refractivity contribution in [3.8, 4) is 5.69 Å². The number of nitrogens with zero attached hydrogens (tertiary/aromatic N) is 5. The van der Waals surface area contributed by atoms with E-state index >= 15 is 0 Å². The maximum atomic E-state index is 5.53. The van der Waals surface area contributed by atoms with Crippen molar-refractivity contribution in [2.75, 3.05) is 26.3 Å². The molecular weight excluding hydrogens is 302 g/mol. The van der Waals surface area contributed by atoms with Crippen molar-refractivity contribution >= 4 is 0 Å². The van der Waals surface area contributed by atoms with E-state index in [2.05, 4.69) is 20.4 Å². The highest BCUT2D eigenvalue weighted by atomic mass is 16.5. The zero-order chi connectivity index (χ0) is 16.2. The van der Waals surface area contributed by atoms with Crippen LogP contribution in [0.2, 0.25) is 0 Å². The van der Waals surface area contributed by atoms with Crippen LogP contribution in [0.4, 0.5) is 0 Å². The molecule has 1 saturated heterocycles. The first-order valence-electron chi connectivity index (χ1n) is 9.04. The van der Waals surface area contributed by atoms with E-state index in [1.165, 1.54) is 25.8 Å². The van der Waals surface area contributed by atoms with Crippen molar-refractivity contribution in [3.63, 3.8) is 0 Å². The number of benzene rings is 1. The SMILES string of the molecule is c1ccc(-n2nnnc2CCCN(CC2CCOC2)C2CC2)cc1. The molecular formula is C18H25N5O. The van der Waals surface area contributed by atoms with E-state index in [4.69, 9.17) is 4.74 Å². The lowest BCUT2D eigenvalue weighted by atomic mass is 10.1. The summed E-state index contributed by atoms with van der Waals surface area (Å²) in [7, 11) is 0. The van der Waals surface area contributed by atoms with E-state index in [9.17, 15) is 0 Å². The molecule has 2 aromatic rings. The molecule has 1 aromatic carbocycles. The predicted octanol–water partition coefficient (Wildman–Crippen LogP) is 2.10. The average Bonchev–Trinajstić information content (AvgIpc) is 3.14. The molecule has 6 nitrogen and oxygen atoms in total. The second-order valence-corrected chi connectivity index (χ2v) is 6.90. The van der Waals surface area contributed by atoms with Gasteiger partial charge in [-0.3, -0.25) is 0 Å². The van der Waals surface area contributed by atoms with Crippen LogP contribution >= 0.6 is 0 Å². The normalized spacial score (nSPS) is 20.8. The Balaban J connectivity index is 1.32. The van der Waals surface area contributed by atoms with Crippen LogP contribution in [0, 0.1) is 5.92 Å². The minimum Gasteiger partial charge on any atom is -0.381 e. The summed E-state index contributed by atoms with van der Waals surface area (Å²) >= 11 is 0. The molecule has 2 fully saturated rings. The zero-order valence-electron chi connectivity index (χ0n) is 14.0. The van der Waals surface area contributed by atoms with Crippen LogP contribution in [-0.2, 0) is 11.2 Å². The molecule has 2 heterocycles. The smallest absolute Gasteiger partial charge is 0.156 e. The molecule has 1 unspecified atom stereocenters. The van der Waals surface area contributed by atoms with Crippen molar-refractivity contribution in [2.45, 2.75) is 38.1 Å². The van der Waals surface area contributed by atoms with E-state index in [0.717, 1.165) is 56.1 Å². The lowest BCUT2D eigenvalue weighted by Gasteiger charge is -2.24. The first-order valence-corrected chi connectivity index (χ1v) is 9.04. The van der Waals surface area contributed by atoms with Crippen LogP contribution in [0.1, 0.15) is 31.5 Å². The summed E-state index contributed by atoms with van der Waals surface area (Å²) in [4.78, 5) is 2.66. The molecule has 128 valence electrons. The number of aryl methyl sites for hydroxylation is 1. The van der Waals surface area contributed by atoms with Gasteiger partial charge in [-0.1, -0.05) is 18.2 Å². The topological polar surface area (TPSA) is 56.1 Å². The number of rotatable bonds is 8. The number of hydrogen-bond donors (Lipinski definition) is 0. The maximum Gasteiger partial charge on any atom is 0.156 e. The molecule has 1 aliphatic heterocycles. The van der Waals surface area contributed by atoms with Gasteiger partial charge >= 0.3 is 0 Å². The Hall–Kier alpha value is -1.79. The summed E-state index contributed by atoms with van der Waals surface area (Å²) < 4.78 is 7.38. The van der Waals surface area contributed by atoms with Crippen LogP contribution in [0.3, 0.4) is 0 Å². The molecule has 0 spiro atoms. The second kappa shape index (κ2) is 7.40. The summed E-state index contributed by atoms with van der Waals surface area (Å²) in [6, 6.07) is 10.9. The first kappa shape index (κ1) is 15.7. The van der Waals surface area contributed by atoms with E-state index in [1.54, 1.807) is 0 Å². The Bertz CT molecular complexity index is 634. The fraction of sp³-hybridized carbons (Fsp3) is 0.611. The van der Waals surface area contributed by atoms with Crippen LogP contribution in [0.25, 0.3) is 5.69 Å². The first-order chi connectivity index (χ1) is 11.9. The molecule has 0 radical (unpaired) electrons. The molecule has 1 saturated carbocycles. The number of para-hydroxylation sites is 1. The van der Waals surface area contributed by atoms with Crippen molar-refractivity contribution in [1.29, 1.82) is 0 Å². The van der Waals surface area contributed by atoms with Gasteiger partial charge in [-0.05, 0) is 60.7 Å². The largest absolute Gasteiger partial charge is 0.381 e. The molecule has 0 N–H and O–H groups in total. The van der Waals surface area contributed by atoms with Gasteiger partial charge in [-0.15, -0.1) is 5.10 Å². The molecule has 0 bridgehead atoms. The van der Waals surface area contributed by atoms with Crippen molar-refractivity contribution < 1.29 is 4.74 Å². The van der Waals surface area contributed by atoms with Gasteiger partial charge < -0.3 is 9.64 Å². The van der Waals surface area contributed by atoms with E-state index in [1.807, 2.05) is 35.0 Å².